The molecular formula is C19H18BrN5O2. The largest absolute Gasteiger partial charge is 0.341 e. The lowest BCUT2D eigenvalue weighted by molar-refractivity contribution is -0.117. The molecule has 1 unspecified atom stereocenters. The zero-order chi connectivity index (χ0) is 19.2. The van der Waals surface area contributed by atoms with E-state index in [1.54, 1.807) is 42.2 Å². The molecule has 0 aliphatic carbocycles. The summed E-state index contributed by atoms with van der Waals surface area (Å²) in [6, 6.07) is 15.9. The number of aromatic nitrogens is 3. The summed E-state index contributed by atoms with van der Waals surface area (Å²) < 4.78 is 2.64. The summed E-state index contributed by atoms with van der Waals surface area (Å²) in [5, 5.41) is 9.50. The molecule has 0 saturated carbocycles. The van der Waals surface area contributed by atoms with Gasteiger partial charge in [-0.15, -0.1) is 5.10 Å². The van der Waals surface area contributed by atoms with Gasteiger partial charge in [0.25, 0.3) is 5.91 Å². The number of nitrogens with one attached hydrogen (secondary N) is 2. The Morgan fingerprint density at radius 3 is 2.52 bits per heavy atom. The third kappa shape index (κ3) is 5.24. The first-order chi connectivity index (χ1) is 13.0. The van der Waals surface area contributed by atoms with E-state index in [1.807, 2.05) is 30.3 Å². The predicted molar refractivity (Wildman–Crippen MR) is 105 cm³/mol. The quantitative estimate of drug-likeness (QED) is 0.632. The Hall–Kier alpha value is -3.00. The third-order valence-corrected chi connectivity index (χ3v) is 4.33. The second-order valence-electron chi connectivity index (χ2n) is 5.94. The highest BCUT2D eigenvalue weighted by atomic mass is 79.9. The molecule has 8 heteroatoms. The summed E-state index contributed by atoms with van der Waals surface area (Å²) in [7, 11) is 0. The van der Waals surface area contributed by atoms with E-state index in [-0.39, 0.29) is 17.8 Å². The molecule has 2 amide bonds. The summed E-state index contributed by atoms with van der Waals surface area (Å²) >= 11 is 3.40. The van der Waals surface area contributed by atoms with E-state index in [2.05, 4.69) is 36.6 Å². The van der Waals surface area contributed by atoms with Crippen molar-refractivity contribution in [3.8, 4) is 0 Å². The van der Waals surface area contributed by atoms with Gasteiger partial charge in [0, 0.05) is 10.0 Å². The number of carbonyl (C=O) groups is 2. The maximum absolute atomic E-state index is 12.3. The number of nitrogens with zero attached hydrogens (tertiary/aromatic N) is 3. The maximum atomic E-state index is 12.3. The second kappa shape index (κ2) is 8.59. The van der Waals surface area contributed by atoms with Gasteiger partial charge < -0.3 is 5.32 Å². The van der Waals surface area contributed by atoms with Crippen LogP contribution in [0.25, 0.3) is 0 Å². The third-order valence-electron chi connectivity index (χ3n) is 3.81. The van der Waals surface area contributed by atoms with Crippen molar-refractivity contribution < 1.29 is 9.59 Å². The minimum atomic E-state index is -0.726. The van der Waals surface area contributed by atoms with Gasteiger partial charge in [0.1, 0.15) is 12.4 Å². The number of hydrogen-bond donors (Lipinski definition) is 2. The Labute approximate surface area is 164 Å². The van der Waals surface area contributed by atoms with Crippen molar-refractivity contribution in [2.24, 2.45) is 0 Å². The van der Waals surface area contributed by atoms with Crippen LogP contribution in [-0.4, -0.2) is 32.6 Å². The Bertz CT molecular complexity index is 925. The van der Waals surface area contributed by atoms with Crippen LogP contribution >= 0.6 is 15.9 Å². The van der Waals surface area contributed by atoms with Gasteiger partial charge in [-0.25, -0.2) is 9.67 Å². The molecule has 0 fully saturated rings. The lowest BCUT2D eigenvalue weighted by Gasteiger charge is -2.12. The Kier molecular flexibility index (Phi) is 5.97. The van der Waals surface area contributed by atoms with E-state index >= 15 is 0 Å². The molecular weight excluding hydrogens is 410 g/mol. The van der Waals surface area contributed by atoms with Crippen molar-refractivity contribution >= 4 is 33.7 Å². The molecule has 0 saturated heterocycles. The molecule has 27 heavy (non-hydrogen) atoms. The first kappa shape index (κ1) is 18.8. The van der Waals surface area contributed by atoms with Gasteiger partial charge in [0.15, 0.2) is 0 Å². The zero-order valence-corrected chi connectivity index (χ0v) is 16.2. The van der Waals surface area contributed by atoms with Crippen LogP contribution in [-0.2, 0) is 11.3 Å². The smallest absolute Gasteiger partial charge is 0.251 e. The monoisotopic (exact) mass is 427 g/mol. The molecule has 0 spiro atoms. The van der Waals surface area contributed by atoms with Crippen LogP contribution < -0.4 is 10.6 Å². The van der Waals surface area contributed by atoms with Crippen LogP contribution in [0.1, 0.15) is 22.8 Å². The number of anilines is 1. The standard InChI is InChI=1S/C19H18BrN5O2/c1-13(22-18(27)15-5-3-2-4-6-15)17(26)23-19-21-12-25(24-19)11-14-7-9-16(20)10-8-14/h2-10,12-13H,11H2,1H3,(H,22,27)(H,23,24,26). The van der Waals surface area contributed by atoms with Crippen LogP contribution in [0.3, 0.4) is 0 Å². The molecule has 7 nitrogen and oxygen atoms in total. The number of carbonyl (C=O) groups excluding carboxylic acids is 2. The van der Waals surface area contributed by atoms with Crippen LogP contribution in [0.2, 0.25) is 0 Å². The second-order valence-corrected chi connectivity index (χ2v) is 6.86. The predicted octanol–water partition coefficient (Wildman–Crippen LogP) is 2.85. The average Bonchev–Trinajstić information content (AvgIpc) is 3.11. The fourth-order valence-corrected chi connectivity index (χ4v) is 2.62. The van der Waals surface area contributed by atoms with E-state index in [9.17, 15) is 9.59 Å². The van der Waals surface area contributed by atoms with Gasteiger partial charge in [0.05, 0.1) is 6.54 Å². The molecule has 2 N–H and O–H groups in total. The summed E-state index contributed by atoms with van der Waals surface area (Å²) in [5.74, 6) is -0.509. The van der Waals surface area contributed by atoms with Gasteiger partial charge in [0.2, 0.25) is 11.9 Å². The molecule has 3 rings (SSSR count). The van der Waals surface area contributed by atoms with E-state index in [4.69, 9.17) is 0 Å². The Morgan fingerprint density at radius 2 is 1.81 bits per heavy atom. The fourth-order valence-electron chi connectivity index (χ4n) is 2.36. The van der Waals surface area contributed by atoms with E-state index in [0.29, 0.717) is 12.1 Å². The van der Waals surface area contributed by atoms with Gasteiger partial charge in [-0.1, -0.05) is 46.3 Å². The minimum absolute atomic E-state index is 0.193. The topological polar surface area (TPSA) is 88.9 Å². The molecule has 0 radical (unpaired) electrons. The van der Waals surface area contributed by atoms with Crippen LogP contribution in [0.5, 0.6) is 0 Å². The zero-order valence-electron chi connectivity index (χ0n) is 14.6. The number of benzene rings is 2. The van der Waals surface area contributed by atoms with Crippen LogP contribution in [0, 0.1) is 0 Å². The lowest BCUT2D eigenvalue weighted by atomic mass is 10.2. The van der Waals surface area contributed by atoms with Gasteiger partial charge in [-0.3, -0.25) is 14.9 Å². The Morgan fingerprint density at radius 1 is 1.11 bits per heavy atom. The summed E-state index contributed by atoms with van der Waals surface area (Å²) in [5.41, 5.74) is 1.55. The number of rotatable bonds is 6. The fraction of sp³-hybridized carbons (Fsp3) is 0.158. The minimum Gasteiger partial charge on any atom is -0.341 e. The van der Waals surface area contributed by atoms with Crippen molar-refractivity contribution in [3.63, 3.8) is 0 Å². The molecule has 0 bridgehead atoms. The number of hydrogen-bond acceptors (Lipinski definition) is 4. The molecule has 0 aliphatic heterocycles. The molecule has 0 aliphatic rings. The normalized spacial score (nSPS) is 11.6. The first-order valence-electron chi connectivity index (χ1n) is 8.32. The molecule has 1 aromatic heterocycles. The molecule has 2 aromatic carbocycles. The lowest BCUT2D eigenvalue weighted by Crippen LogP contribution is -2.41. The van der Waals surface area contributed by atoms with Crippen molar-refractivity contribution in [2.75, 3.05) is 5.32 Å². The molecule has 138 valence electrons. The summed E-state index contributed by atoms with van der Waals surface area (Å²) in [6.07, 6.45) is 1.55. The van der Waals surface area contributed by atoms with Gasteiger partial charge in [-0.05, 0) is 36.8 Å². The molecule has 3 aromatic rings. The molecule has 1 heterocycles. The van der Waals surface area contributed by atoms with E-state index < -0.39 is 6.04 Å². The van der Waals surface area contributed by atoms with Crippen molar-refractivity contribution in [1.29, 1.82) is 0 Å². The van der Waals surface area contributed by atoms with Crippen molar-refractivity contribution in [1.82, 2.24) is 20.1 Å². The van der Waals surface area contributed by atoms with Crippen LogP contribution in [0.4, 0.5) is 5.95 Å². The number of amides is 2. The van der Waals surface area contributed by atoms with E-state index in [0.717, 1.165) is 10.0 Å². The highest BCUT2D eigenvalue weighted by Gasteiger charge is 2.18. The maximum Gasteiger partial charge on any atom is 0.251 e. The Balaban J connectivity index is 1.55. The van der Waals surface area contributed by atoms with E-state index in [1.165, 1.54) is 0 Å². The van der Waals surface area contributed by atoms with Crippen molar-refractivity contribution in [3.05, 3.63) is 76.5 Å². The van der Waals surface area contributed by atoms with Crippen LogP contribution in [0.15, 0.2) is 65.4 Å². The molecule has 1 atom stereocenters. The van der Waals surface area contributed by atoms with Crippen molar-refractivity contribution in [2.45, 2.75) is 19.5 Å². The first-order valence-corrected chi connectivity index (χ1v) is 9.11. The highest BCUT2D eigenvalue weighted by Crippen LogP contribution is 2.11. The summed E-state index contributed by atoms with van der Waals surface area (Å²) in [6.45, 7) is 2.14. The average molecular weight is 428 g/mol. The van der Waals surface area contributed by atoms with Gasteiger partial charge in [-0.2, -0.15) is 0 Å². The SMILES string of the molecule is CC(NC(=O)c1ccccc1)C(=O)Nc1ncn(Cc2ccc(Br)cc2)n1. The number of halogens is 1. The highest BCUT2D eigenvalue weighted by molar-refractivity contribution is 9.10. The summed E-state index contributed by atoms with van der Waals surface area (Å²) in [4.78, 5) is 28.5. The van der Waals surface area contributed by atoms with Gasteiger partial charge >= 0.3 is 0 Å².